The number of halogens is 1. The van der Waals surface area contributed by atoms with Crippen LogP contribution >= 0.6 is 22.6 Å². The summed E-state index contributed by atoms with van der Waals surface area (Å²) in [5, 5.41) is 0. The summed E-state index contributed by atoms with van der Waals surface area (Å²) in [5.74, 6) is 2.28. The molecule has 0 N–H and O–H groups in total. The van der Waals surface area contributed by atoms with Crippen LogP contribution in [0, 0.1) is 3.57 Å². The predicted octanol–water partition coefficient (Wildman–Crippen LogP) is 9.84. The van der Waals surface area contributed by atoms with E-state index in [1.54, 1.807) is 0 Å². The Morgan fingerprint density at radius 3 is 1.30 bits per heavy atom. The summed E-state index contributed by atoms with van der Waals surface area (Å²) in [4.78, 5) is 0. The van der Waals surface area contributed by atoms with Gasteiger partial charge in [0.25, 0.3) is 0 Å². The van der Waals surface area contributed by atoms with Gasteiger partial charge in [-0.3, -0.25) is 0 Å². The van der Waals surface area contributed by atoms with Crippen LogP contribution in [0.25, 0.3) is 0 Å². The van der Waals surface area contributed by atoms with E-state index < -0.39 is 0 Å². The van der Waals surface area contributed by atoms with Gasteiger partial charge in [0, 0.05) is 3.57 Å². The monoisotopic (exact) mass is 546 g/mol. The Morgan fingerprint density at radius 2 is 0.970 bits per heavy atom. The van der Waals surface area contributed by atoms with Gasteiger partial charge in [-0.25, -0.2) is 0 Å². The molecule has 1 saturated carbocycles. The molecule has 0 spiro atoms. The van der Waals surface area contributed by atoms with Gasteiger partial charge in [0.15, 0.2) is 0 Å². The lowest BCUT2D eigenvalue weighted by atomic mass is 9.69. The normalized spacial score (nSPS) is 17.3. The van der Waals surface area contributed by atoms with Crippen molar-refractivity contribution in [1.82, 2.24) is 0 Å². The number of rotatable bonds is 4. The molecule has 1 atom stereocenters. The Hall–Kier alpha value is -2.39. The summed E-state index contributed by atoms with van der Waals surface area (Å²) in [6.07, 6.45) is 3.85. The summed E-state index contributed by atoms with van der Waals surface area (Å²) in [6, 6.07) is 42.6. The molecular weight excluding hydrogens is 511 g/mol. The van der Waals surface area contributed by atoms with E-state index >= 15 is 0 Å². The van der Waals surface area contributed by atoms with Gasteiger partial charge in [-0.05, 0) is 88.4 Å². The van der Waals surface area contributed by atoms with Crippen molar-refractivity contribution in [2.45, 2.75) is 50.9 Å². The maximum Gasteiger partial charge on any atom is 0.0130 e. The first-order valence-electron chi connectivity index (χ1n) is 12.0. The lowest BCUT2D eigenvalue weighted by Gasteiger charge is -2.36. The van der Waals surface area contributed by atoms with Crippen LogP contribution in [0.4, 0.5) is 0 Å². The van der Waals surface area contributed by atoms with E-state index in [2.05, 4.69) is 140 Å². The highest BCUT2D eigenvalue weighted by atomic mass is 127. The van der Waals surface area contributed by atoms with E-state index in [1.807, 2.05) is 18.2 Å². The number of benzene rings is 4. The Morgan fingerprint density at radius 1 is 0.606 bits per heavy atom. The fraction of sp³-hybridized carbons (Fsp3) is 0.250. The van der Waals surface area contributed by atoms with Crippen LogP contribution in [0.15, 0.2) is 121 Å². The summed E-state index contributed by atoms with van der Waals surface area (Å²) in [7, 11) is 0. The maximum absolute atomic E-state index is 2.28. The smallest absolute Gasteiger partial charge is 0.0130 e. The zero-order chi connectivity index (χ0) is 23.3. The van der Waals surface area contributed by atoms with Crippen LogP contribution in [0.2, 0.25) is 0 Å². The lowest BCUT2D eigenvalue weighted by Crippen LogP contribution is -2.19. The highest BCUT2D eigenvalue weighted by molar-refractivity contribution is 14.1. The molecule has 1 aliphatic rings. The first-order valence-corrected chi connectivity index (χ1v) is 13.1. The molecule has 0 amide bonds. The van der Waals surface area contributed by atoms with Crippen LogP contribution in [-0.4, -0.2) is 0 Å². The topological polar surface area (TPSA) is 0 Å². The maximum atomic E-state index is 2.28. The first kappa shape index (κ1) is 25.2. The summed E-state index contributed by atoms with van der Waals surface area (Å²) < 4.78 is 1.29. The number of hydrogen-bond acceptors (Lipinski definition) is 0. The Balaban J connectivity index is 0.000000154. The second-order valence-corrected chi connectivity index (χ2v) is 9.95. The molecule has 0 aromatic heterocycles. The standard InChI is InChI=1S/C16H16.C10H14.C6H5I/c1-3-7-13(8-4-1)15-11-16(12-15)14-9-5-2-6-10-14;1-3-9(2)10-7-5-4-6-8-10;7-6-4-2-1-3-5-6/h1-10,15-16H,11-12H2;4-9H,3H2,1-2H3;1-5H. The second kappa shape index (κ2) is 14.0. The highest BCUT2D eigenvalue weighted by Gasteiger charge is 2.30. The molecule has 0 aliphatic heterocycles. The van der Waals surface area contributed by atoms with Crippen molar-refractivity contribution in [2.75, 3.05) is 0 Å². The minimum absolute atomic E-state index is 0.709. The van der Waals surface area contributed by atoms with Gasteiger partial charge in [-0.15, -0.1) is 0 Å². The molecule has 4 aromatic rings. The average molecular weight is 547 g/mol. The van der Waals surface area contributed by atoms with Gasteiger partial charge in [0.2, 0.25) is 0 Å². The van der Waals surface area contributed by atoms with Gasteiger partial charge in [0.05, 0.1) is 0 Å². The fourth-order valence-corrected chi connectivity index (χ4v) is 4.46. The SMILES string of the molecule is CCC(C)c1ccccc1.Ic1ccccc1.c1ccc(C2CC(c3ccccc3)C2)cc1. The molecule has 0 heterocycles. The van der Waals surface area contributed by atoms with Crippen LogP contribution in [-0.2, 0) is 0 Å². The minimum Gasteiger partial charge on any atom is -0.0648 e. The van der Waals surface area contributed by atoms with Gasteiger partial charge in [-0.2, -0.15) is 0 Å². The Kier molecular flexibility index (Phi) is 10.7. The predicted molar refractivity (Wildman–Crippen MR) is 152 cm³/mol. The molecule has 0 radical (unpaired) electrons. The molecule has 1 fully saturated rings. The molecule has 170 valence electrons. The largest absolute Gasteiger partial charge is 0.0648 e. The van der Waals surface area contributed by atoms with Crippen molar-refractivity contribution in [3.05, 3.63) is 142 Å². The van der Waals surface area contributed by atoms with Crippen molar-refractivity contribution >= 4 is 22.6 Å². The van der Waals surface area contributed by atoms with Gasteiger partial charge < -0.3 is 0 Å². The van der Waals surface area contributed by atoms with E-state index in [0.717, 1.165) is 11.8 Å². The molecule has 1 aliphatic carbocycles. The minimum atomic E-state index is 0.709. The third-order valence-electron chi connectivity index (χ3n) is 6.39. The molecule has 33 heavy (non-hydrogen) atoms. The quantitative estimate of drug-likeness (QED) is 0.224. The van der Waals surface area contributed by atoms with Crippen molar-refractivity contribution in [3.63, 3.8) is 0 Å². The zero-order valence-electron chi connectivity index (χ0n) is 19.8. The van der Waals surface area contributed by atoms with Gasteiger partial charge in [0.1, 0.15) is 0 Å². The fourth-order valence-electron chi connectivity index (χ4n) is 4.04. The summed E-state index contributed by atoms with van der Waals surface area (Å²) >= 11 is 2.28. The van der Waals surface area contributed by atoms with E-state index in [9.17, 15) is 0 Å². The first-order chi connectivity index (χ1) is 16.2. The molecule has 1 unspecified atom stereocenters. The summed E-state index contributed by atoms with van der Waals surface area (Å²) in [5.41, 5.74) is 4.47. The molecule has 0 saturated heterocycles. The molecule has 4 aromatic carbocycles. The molecular formula is C32H35I. The van der Waals surface area contributed by atoms with E-state index in [1.165, 1.54) is 39.5 Å². The van der Waals surface area contributed by atoms with E-state index in [4.69, 9.17) is 0 Å². The molecule has 1 heteroatoms. The van der Waals surface area contributed by atoms with Crippen molar-refractivity contribution in [1.29, 1.82) is 0 Å². The van der Waals surface area contributed by atoms with Crippen LogP contribution in [0.5, 0.6) is 0 Å². The lowest BCUT2D eigenvalue weighted by molar-refractivity contribution is 0.351. The molecule has 0 bridgehead atoms. The van der Waals surface area contributed by atoms with Gasteiger partial charge in [-0.1, -0.05) is 123 Å². The highest BCUT2D eigenvalue weighted by Crippen LogP contribution is 2.47. The van der Waals surface area contributed by atoms with E-state index in [0.29, 0.717) is 5.92 Å². The third kappa shape index (κ3) is 8.47. The zero-order valence-corrected chi connectivity index (χ0v) is 21.9. The van der Waals surface area contributed by atoms with E-state index in [-0.39, 0.29) is 0 Å². The van der Waals surface area contributed by atoms with Crippen LogP contribution in [0.3, 0.4) is 0 Å². The summed E-state index contributed by atoms with van der Waals surface area (Å²) in [6.45, 7) is 4.48. The average Bonchev–Trinajstić information content (AvgIpc) is 2.86. The van der Waals surface area contributed by atoms with Crippen molar-refractivity contribution in [3.8, 4) is 0 Å². The van der Waals surface area contributed by atoms with Gasteiger partial charge >= 0.3 is 0 Å². The van der Waals surface area contributed by atoms with Crippen LogP contribution < -0.4 is 0 Å². The third-order valence-corrected chi connectivity index (χ3v) is 7.11. The Bertz CT molecular complexity index is 964. The Labute approximate surface area is 214 Å². The van der Waals surface area contributed by atoms with Crippen molar-refractivity contribution in [2.24, 2.45) is 0 Å². The molecule has 0 nitrogen and oxygen atoms in total. The molecule has 5 rings (SSSR count). The van der Waals surface area contributed by atoms with Crippen molar-refractivity contribution < 1.29 is 0 Å². The second-order valence-electron chi connectivity index (χ2n) is 8.70. The van der Waals surface area contributed by atoms with Crippen LogP contribution in [0.1, 0.15) is 67.6 Å². The number of hydrogen-bond donors (Lipinski definition) is 0.